The highest BCUT2D eigenvalue weighted by Crippen LogP contribution is 2.58. The Balaban J connectivity index is 1.48. The molecule has 4 fully saturated rings. The van der Waals surface area contributed by atoms with E-state index in [1.807, 2.05) is 18.2 Å². The van der Waals surface area contributed by atoms with Crippen molar-refractivity contribution in [1.29, 1.82) is 0 Å². The maximum Gasteiger partial charge on any atom is 0.311 e. The number of hydrogen-bond donors (Lipinski definition) is 0. The first-order chi connectivity index (χ1) is 14.5. The summed E-state index contributed by atoms with van der Waals surface area (Å²) in [6.07, 6.45) is 12.5. The largest absolute Gasteiger partial charge is 0.469 e. The van der Waals surface area contributed by atoms with E-state index >= 15 is 0 Å². The molecule has 158 valence electrons. The molecule has 0 N–H and O–H groups in total. The van der Waals surface area contributed by atoms with Crippen molar-refractivity contribution >= 4 is 35.2 Å². The molecule has 2 aromatic rings. The van der Waals surface area contributed by atoms with Gasteiger partial charge in [-0.05, 0) is 68.9 Å². The molecular weight excluding hydrogens is 421 g/mol. The molecule has 2 bridgehead atoms. The summed E-state index contributed by atoms with van der Waals surface area (Å²) >= 11 is 13.0. The average Bonchev–Trinajstić information content (AvgIpc) is 3.53. The lowest BCUT2D eigenvalue weighted by Crippen LogP contribution is -2.45. The molecule has 1 aromatic heterocycles. The van der Waals surface area contributed by atoms with Crippen LogP contribution in [0.4, 0.5) is 0 Å². The lowest BCUT2D eigenvalue weighted by atomic mass is 9.53. The first-order valence-corrected chi connectivity index (χ1v) is 11.4. The summed E-state index contributed by atoms with van der Waals surface area (Å²) < 4.78 is 10.9. The van der Waals surface area contributed by atoms with E-state index in [0.29, 0.717) is 16.0 Å². The predicted octanol–water partition coefficient (Wildman–Crippen LogP) is 7.05. The van der Waals surface area contributed by atoms with Gasteiger partial charge in [-0.2, -0.15) is 0 Å². The fourth-order valence-corrected chi connectivity index (χ4v) is 5.84. The third-order valence-corrected chi connectivity index (χ3v) is 8.06. The van der Waals surface area contributed by atoms with Crippen LogP contribution in [0.25, 0.3) is 17.3 Å². The summed E-state index contributed by atoms with van der Waals surface area (Å²) in [5.74, 6) is 1.32. The van der Waals surface area contributed by atoms with Gasteiger partial charge in [-0.15, -0.1) is 0 Å². The van der Waals surface area contributed by atoms with E-state index in [-0.39, 0.29) is 16.8 Å². The number of esters is 1. The number of halogens is 2. The number of carbonyl (C=O) groups is 1. The zero-order chi connectivity index (χ0) is 20.9. The highest BCUT2D eigenvalue weighted by atomic mass is 35.5. The molecule has 1 aromatic carbocycles. The molecule has 0 unspecified atom stereocenters. The van der Waals surface area contributed by atoms with Crippen molar-refractivity contribution in [3.8, 4) is 11.3 Å². The fraction of sp³-hybridized carbons (Fsp3) is 0.500. The Morgan fingerprint density at radius 1 is 1.13 bits per heavy atom. The normalized spacial score (nSPS) is 28.2. The van der Waals surface area contributed by atoms with Crippen molar-refractivity contribution in [2.75, 3.05) is 7.11 Å². The van der Waals surface area contributed by atoms with Crippen molar-refractivity contribution < 1.29 is 14.1 Å². The number of allylic oxidation sites excluding steroid dienone is 1. The molecule has 4 aliphatic rings. The topological polar surface area (TPSA) is 52.3 Å². The zero-order valence-corrected chi connectivity index (χ0v) is 18.6. The minimum absolute atomic E-state index is 0.0366. The standard InChI is InChI=1S/C24H25Cl2NO3/c1-29-22(28)24-12-9-23(10-13-24,11-14-24)8-7-16-20(27-30-21(16)15-5-6-15)19-17(25)3-2-4-18(19)26/h2-4,7-8,15H,5-6,9-14H2,1H3/b8-7+. The highest BCUT2D eigenvalue weighted by molar-refractivity contribution is 6.39. The Labute approximate surface area is 186 Å². The molecular formula is C24H25Cl2NO3. The van der Waals surface area contributed by atoms with Gasteiger partial charge >= 0.3 is 5.97 Å². The van der Waals surface area contributed by atoms with Crippen LogP contribution < -0.4 is 0 Å². The summed E-state index contributed by atoms with van der Waals surface area (Å²) in [7, 11) is 1.50. The second-order valence-corrected chi connectivity index (χ2v) is 9.96. The molecule has 0 radical (unpaired) electrons. The Morgan fingerprint density at radius 3 is 2.33 bits per heavy atom. The van der Waals surface area contributed by atoms with Gasteiger partial charge in [0, 0.05) is 17.0 Å². The lowest BCUT2D eigenvalue weighted by Gasteiger charge is -2.50. The van der Waals surface area contributed by atoms with Crippen LogP contribution >= 0.6 is 23.2 Å². The van der Waals surface area contributed by atoms with E-state index in [1.165, 1.54) is 7.11 Å². The first-order valence-electron chi connectivity index (χ1n) is 10.7. The molecule has 0 spiro atoms. The lowest BCUT2D eigenvalue weighted by molar-refractivity contribution is -0.161. The average molecular weight is 446 g/mol. The molecule has 0 amide bonds. The van der Waals surface area contributed by atoms with E-state index in [2.05, 4.69) is 17.3 Å². The van der Waals surface area contributed by atoms with E-state index < -0.39 is 0 Å². The van der Waals surface area contributed by atoms with Crippen LogP contribution in [0.1, 0.15) is 68.6 Å². The van der Waals surface area contributed by atoms with Crippen LogP contribution in [-0.4, -0.2) is 18.2 Å². The maximum absolute atomic E-state index is 12.3. The van der Waals surface area contributed by atoms with Gasteiger partial charge < -0.3 is 9.26 Å². The van der Waals surface area contributed by atoms with Crippen molar-refractivity contribution in [1.82, 2.24) is 5.16 Å². The Kier molecular flexibility index (Phi) is 4.98. The van der Waals surface area contributed by atoms with E-state index in [4.69, 9.17) is 32.5 Å². The molecule has 0 aliphatic heterocycles. The van der Waals surface area contributed by atoms with E-state index in [0.717, 1.165) is 73.9 Å². The molecule has 30 heavy (non-hydrogen) atoms. The second kappa shape index (κ2) is 7.42. The van der Waals surface area contributed by atoms with Gasteiger partial charge in [0.05, 0.1) is 22.6 Å². The molecule has 4 saturated carbocycles. The van der Waals surface area contributed by atoms with Gasteiger partial charge in [0.1, 0.15) is 11.5 Å². The minimum atomic E-state index is -0.267. The first kappa shape index (κ1) is 20.1. The monoisotopic (exact) mass is 445 g/mol. The van der Waals surface area contributed by atoms with Crippen molar-refractivity contribution in [3.63, 3.8) is 0 Å². The number of benzene rings is 1. The second-order valence-electron chi connectivity index (χ2n) is 9.15. The molecule has 6 rings (SSSR count). The Hall–Kier alpha value is -1.78. The number of carbonyl (C=O) groups excluding carboxylic acids is 1. The van der Waals surface area contributed by atoms with Crippen molar-refractivity contribution in [3.05, 3.63) is 45.6 Å². The molecule has 1 heterocycles. The van der Waals surface area contributed by atoms with Crippen LogP contribution in [0.3, 0.4) is 0 Å². The van der Waals surface area contributed by atoms with Crippen LogP contribution in [0.2, 0.25) is 10.0 Å². The van der Waals surface area contributed by atoms with E-state index in [9.17, 15) is 4.79 Å². The zero-order valence-electron chi connectivity index (χ0n) is 17.0. The summed E-state index contributed by atoms with van der Waals surface area (Å²) in [5.41, 5.74) is 2.30. The summed E-state index contributed by atoms with van der Waals surface area (Å²) in [6, 6.07) is 5.49. The summed E-state index contributed by atoms with van der Waals surface area (Å²) in [4.78, 5) is 12.3. The van der Waals surface area contributed by atoms with Gasteiger partial charge in [0.25, 0.3) is 0 Å². The molecule has 0 saturated heterocycles. The van der Waals surface area contributed by atoms with Gasteiger partial charge in [0.15, 0.2) is 0 Å². The van der Waals surface area contributed by atoms with Crippen LogP contribution in [-0.2, 0) is 9.53 Å². The summed E-state index contributed by atoms with van der Waals surface area (Å²) in [5, 5.41) is 5.53. The summed E-state index contributed by atoms with van der Waals surface area (Å²) in [6.45, 7) is 0. The van der Waals surface area contributed by atoms with Gasteiger partial charge in [0.2, 0.25) is 0 Å². The number of nitrogens with zero attached hydrogens (tertiary/aromatic N) is 1. The number of aromatic nitrogens is 1. The molecule has 4 nitrogen and oxygen atoms in total. The highest BCUT2D eigenvalue weighted by Gasteiger charge is 2.52. The molecule has 4 aliphatic carbocycles. The smallest absolute Gasteiger partial charge is 0.311 e. The number of methoxy groups -OCH3 is 1. The SMILES string of the molecule is COC(=O)C12CCC(/C=C/c3c(-c4c(Cl)cccc4Cl)noc3C3CC3)(CC1)CC2. The van der Waals surface area contributed by atoms with Crippen LogP contribution in [0.5, 0.6) is 0 Å². The van der Waals surface area contributed by atoms with Gasteiger partial charge in [-0.3, -0.25) is 4.79 Å². The maximum atomic E-state index is 12.3. The van der Waals surface area contributed by atoms with Gasteiger partial charge in [-0.1, -0.05) is 46.6 Å². The number of ether oxygens (including phenoxy) is 1. The fourth-order valence-electron chi connectivity index (χ4n) is 5.26. The minimum Gasteiger partial charge on any atom is -0.469 e. The quantitative estimate of drug-likeness (QED) is 0.462. The van der Waals surface area contributed by atoms with Crippen molar-refractivity contribution in [2.45, 2.75) is 57.3 Å². The number of hydrogen-bond acceptors (Lipinski definition) is 4. The molecule has 6 heteroatoms. The number of rotatable bonds is 5. The molecule has 0 atom stereocenters. The van der Waals surface area contributed by atoms with Crippen molar-refractivity contribution in [2.24, 2.45) is 10.8 Å². The van der Waals surface area contributed by atoms with Crippen LogP contribution in [0, 0.1) is 10.8 Å². The van der Waals surface area contributed by atoms with Gasteiger partial charge in [-0.25, -0.2) is 0 Å². The third kappa shape index (κ3) is 3.29. The Morgan fingerprint density at radius 2 is 1.77 bits per heavy atom. The predicted molar refractivity (Wildman–Crippen MR) is 118 cm³/mol. The van der Waals surface area contributed by atoms with Crippen LogP contribution in [0.15, 0.2) is 28.8 Å². The Bertz CT molecular complexity index is 977. The number of fused-ring (bicyclic) bond motifs is 3. The third-order valence-electron chi connectivity index (χ3n) is 7.43. The van der Waals surface area contributed by atoms with E-state index in [1.54, 1.807) is 0 Å².